The summed E-state index contributed by atoms with van der Waals surface area (Å²) in [6, 6.07) is 10.6. The second-order valence-electron chi connectivity index (χ2n) is 16.1. The maximum Gasteiger partial charge on any atom is 0.322 e. The van der Waals surface area contributed by atoms with E-state index in [1.54, 1.807) is 7.11 Å². The number of ether oxygens (including phenoxy) is 2. The van der Waals surface area contributed by atoms with Crippen molar-refractivity contribution in [2.45, 2.75) is 93.0 Å². The Hall–Kier alpha value is -3.98. The van der Waals surface area contributed by atoms with Gasteiger partial charge in [0.05, 0.1) is 27.0 Å². The Labute approximate surface area is 316 Å². The monoisotopic (exact) mass is 742 g/mol. The van der Waals surface area contributed by atoms with Gasteiger partial charge in [0.25, 0.3) is 5.91 Å². The second-order valence-corrected chi connectivity index (χ2v) is 16.1. The van der Waals surface area contributed by atoms with Crippen molar-refractivity contribution in [3.8, 4) is 5.75 Å². The summed E-state index contributed by atoms with van der Waals surface area (Å²) >= 11 is 0. The van der Waals surface area contributed by atoms with Gasteiger partial charge in [0.2, 0.25) is 0 Å². The van der Waals surface area contributed by atoms with E-state index in [-0.39, 0.29) is 18.8 Å². The molecule has 4 aliphatic heterocycles. The fourth-order valence-corrected chi connectivity index (χ4v) is 12.1. The number of hydrazine groups is 1. The zero-order valence-electron chi connectivity index (χ0n) is 31.9. The molecule has 0 radical (unpaired) electrons. The summed E-state index contributed by atoms with van der Waals surface area (Å²) in [5.41, 5.74) is 1.43. The predicted octanol–water partition coefficient (Wildman–Crippen LogP) is 2.19. The van der Waals surface area contributed by atoms with Gasteiger partial charge in [-0.05, 0) is 61.9 Å². The minimum Gasteiger partial charge on any atom is -0.496 e. The van der Waals surface area contributed by atoms with E-state index < -0.39 is 45.9 Å². The number of rotatable bonds is 8. The number of aromatic amines is 1. The van der Waals surface area contributed by atoms with Gasteiger partial charge in [-0.2, -0.15) is 0 Å². The third kappa shape index (κ3) is 4.48. The molecule has 1 aliphatic carbocycles. The summed E-state index contributed by atoms with van der Waals surface area (Å²) in [7, 11) is 4.85. The number of hydrogen-bond donors (Lipinski definition) is 6. The van der Waals surface area contributed by atoms with Crippen molar-refractivity contribution in [3.63, 3.8) is 0 Å². The van der Waals surface area contributed by atoms with E-state index in [1.165, 1.54) is 7.11 Å². The third-order valence-electron chi connectivity index (χ3n) is 14.2. The van der Waals surface area contributed by atoms with Crippen LogP contribution in [0.3, 0.4) is 0 Å². The number of esters is 1. The van der Waals surface area contributed by atoms with Gasteiger partial charge in [-0.15, -0.1) is 0 Å². The topological polar surface area (TPSA) is 177 Å². The zero-order chi connectivity index (χ0) is 38.4. The lowest BCUT2D eigenvalue weighted by molar-refractivity contribution is -0.203. The predicted molar refractivity (Wildman–Crippen MR) is 204 cm³/mol. The highest BCUT2D eigenvalue weighted by Crippen LogP contribution is 2.67. The molecular formula is C41H54N6O7. The Morgan fingerprint density at radius 3 is 2.57 bits per heavy atom. The number of aliphatic hydroxyl groups is 3. The van der Waals surface area contributed by atoms with Crippen LogP contribution in [0.5, 0.6) is 5.75 Å². The molecule has 13 nitrogen and oxygen atoms in total. The minimum atomic E-state index is -2.31. The molecule has 7 N–H and O–H groups in total. The zero-order valence-corrected chi connectivity index (χ0v) is 31.9. The van der Waals surface area contributed by atoms with E-state index in [2.05, 4.69) is 39.3 Å². The van der Waals surface area contributed by atoms with Crippen molar-refractivity contribution in [3.05, 3.63) is 70.9 Å². The number of benzene rings is 2. The van der Waals surface area contributed by atoms with E-state index in [4.69, 9.17) is 15.3 Å². The fraction of sp³-hybridized carbons (Fsp3) is 0.561. The second kappa shape index (κ2) is 13.1. The Bertz CT molecular complexity index is 2020. The van der Waals surface area contributed by atoms with Gasteiger partial charge in [-0.25, -0.2) is 5.84 Å². The van der Waals surface area contributed by atoms with Gasteiger partial charge >= 0.3 is 5.97 Å². The highest BCUT2D eigenvalue weighted by molar-refractivity contribution is 5.95. The van der Waals surface area contributed by atoms with Crippen LogP contribution in [-0.2, 0) is 31.6 Å². The molecule has 54 heavy (non-hydrogen) atoms. The van der Waals surface area contributed by atoms with E-state index >= 15 is 4.79 Å². The van der Waals surface area contributed by atoms with Gasteiger partial charge in [0.15, 0.2) is 5.60 Å². The molecule has 1 saturated heterocycles. The summed E-state index contributed by atoms with van der Waals surface area (Å²) in [4.78, 5) is 39.1. The van der Waals surface area contributed by atoms with Gasteiger partial charge < -0.3 is 34.7 Å². The van der Waals surface area contributed by atoms with E-state index in [0.717, 1.165) is 46.3 Å². The third-order valence-corrected chi connectivity index (χ3v) is 14.2. The van der Waals surface area contributed by atoms with Crippen LogP contribution in [0.1, 0.15) is 68.3 Å². The van der Waals surface area contributed by atoms with Crippen LogP contribution in [0.2, 0.25) is 0 Å². The Morgan fingerprint density at radius 2 is 1.89 bits per heavy atom. The smallest absolute Gasteiger partial charge is 0.322 e. The molecule has 3 aromatic rings. The average molecular weight is 743 g/mol. The Balaban J connectivity index is 1.47. The molecule has 8 atom stereocenters. The minimum absolute atomic E-state index is 0.162. The lowest BCUT2D eigenvalue weighted by Gasteiger charge is -2.63. The van der Waals surface area contributed by atoms with Crippen LogP contribution in [-0.4, -0.2) is 119 Å². The molecule has 2 fully saturated rings. The molecule has 1 spiro atoms. The number of nitrogens with two attached hydrogens (primary N) is 1. The van der Waals surface area contributed by atoms with Crippen LogP contribution in [0, 0.1) is 5.41 Å². The first-order valence-electron chi connectivity index (χ1n) is 19.3. The Morgan fingerprint density at radius 1 is 1.11 bits per heavy atom. The highest BCUT2D eigenvalue weighted by Gasteiger charge is 2.78. The number of anilines is 1. The molecule has 1 saturated carbocycles. The van der Waals surface area contributed by atoms with Crippen molar-refractivity contribution in [1.82, 2.24) is 20.2 Å². The lowest BCUT2D eigenvalue weighted by Crippen LogP contribution is -2.82. The number of carbonyl (C=O) groups excluding carboxylic acids is 2. The number of aliphatic hydroxyl groups excluding tert-OH is 2. The molecule has 1 aromatic heterocycles. The van der Waals surface area contributed by atoms with Gasteiger partial charge in [0, 0.05) is 77.0 Å². The van der Waals surface area contributed by atoms with Crippen molar-refractivity contribution in [1.29, 1.82) is 0 Å². The normalized spacial score (nSPS) is 34.4. The number of carbonyl (C=O) groups is 2. The summed E-state index contributed by atoms with van der Waals surface area (Å²) in [6.45, 7) is 5.88. The van der Waals surface area contributed by atoms with Crippen molar-refractivity contribution < 1.29 is 34.4 Å². The summed E-state index contributed by atoms with van der Waals surface area (Å²) in [5, 5.41) is 37.0. The first kappa shape index (κ1) is 37.0. The van der Waals surface area contributed by atoms with Crippen LogP contribution in [0.4, 0.5) is 5.69 Å². The quantitative estimate of drug-likeness (QED) is 0.0656. The molecule has 290 valence electrons. The van der Waals surface area contributed by atoms with Crippen molar-refractivity contribution in [2.24, 2.45) is 11.3 Å². The largest absolute Gasteiger partial charge is 0.496 e. The molecule has 0 unspecified atom stereocenters. The van der Waals surface area contributed by atoms with Crippen molar-refractivity contribution >= 4 is 28.5 Å². The summed E-state index contributed by atoms with van der Waals surface area (Å²) in [5.74, 6) is 4.96. The number of likely N-dealkylation sites (N-methyl/N-ethyl adjacent to an activating group) is 1. The number of H-pyrrole nitrogens is 1. The van der Waals surface area contributed by atoms with Crippen LogP contribution in [0.15, 0.2) is 48.6 Å². The molecule has 1 amide bonds. The molecule has 2 aromatic carbocycles. The first-order valence-corrected chi connectivity index (χ1v) is 19.3. The molecular weight excluding hydrogens is 688 g/mol. The fourth-order valence-electron chi connectivity index (χ4n) is 12.1. The highest BCUT2D eigenvalue weighted by atomic mass is 16.5. The number of nitrogens with one attached hydrogen (secondary N) is 2. The standard InChI is InChI=1S/C41H54N6O7/c1-6-11-24-22-40(37(51)54-5,32-26(14-18-47(24)23-48)25-12-8-9-13-29(25)43-32)28-20-27-30(21-31(28)53-4)45(3)34-39(27)16-19-46-17-10-15-38(7-2,33(39)46)35(49)41(34,52)36(50)44-42/h8-10,12-13,15,20-21,24,33-35,43,48-49,52H,6-7,11,14,16-19,22-23,42H2,1-5H3,(H,44,50)/t24-,33-,34+,35+,38+,39+,40-,41-/m0/s1. The van der Waals surface area contributed by atoms with E-state index in [0.29, 0.717) is 56.6 Å². The maximum atomic E-state index is 15.1. The average Bonchev–Trinajstić information content (AvgIpc) is 3.84. The van der Waals surface area contributed by atoms with Gasteiger partial charge in [-0.3, -0.25) is 24.8 Å². The number of para-hydroxylation sites is 1. The summed E-state index contributed by atoms with van der Waals surface area (Å²) < 4.78 is 12.1. The molecule has 5 heterocycles. The molecule has 5 aliphatic rings. The number of nitrogens with zero attached hydrogens (tertiary/aromatic N) is 3. The van der Waals surface area contributed by atoms with Gasteiger partial charge in [0.1, 0.15) is 17.3 Å². The summed E-state index contributed by atoms with van der Waals surface area (Å²) in [6.07, 6.45) is 6.05. The Kier molecular flexibility index (Phi) is 8.94. The lowest BCUT2D eigenvalue weighted by atomic mass is 9.47. The van der Waals surface area contributed by atoms with Gasteiger partial charge in [-0.1, -0.05) is 50.6 Å². The maximum absolute atomic E-state index is 15.1. The number of aromatic nitrogens is 1. The van der Waals surface area contributed by atoms with Crippen molar-refractivity contribution in [2.75, 3.05) is 52.5 Å². The number of hydrogen-bond acceptors (Lipinski definition) is 11. The number of methoxy groups -OCH3 is 2. The molecule has 8 rings (SSSR count). The SMILES string of the molecule is CCC[C@H]1C[C@](C(=O)OC)(c2cc3c(cc2OC)N(C)[C@H]2[C@@](O)(C(=O)NN)[C@H](O)[C@]4(CC)C=CCN5CC[C@]32[C@@H]54)c2[nH]c3ccccc3c2CCN1CO. The van der Waals surface area contributed by atoms with Crippen LogP contribution >= 0.6 is 0 Å². The first-order chi connectivity index (χ1) is 26.0. The van der Waals surface area contributed by atoms with E-state index in [9.17, 15) is 20.1 Å². The van der Waals surface area contributed by atoms with Crippen LogP contribution < -0.4 is 20.9 Å². The molecule has 0 bridgehead atoms. The van der Waals surface area contributed by atoms with Crippen LogP contribution in [0.25, 0.3) is 10.9 Å². The van der Waals surface area contributed by atoms with E-state index in [1.807, 2.05) is 55.3 Å². The molecule has 13 heteroatoms. The number of amides is 1. The number of fused-ring (bicyclic) bond motifs is 4.